The van der Waals surface area contributed by atoms with Crippen LogP contribution in [0.1, 0.15) is 4.88 Å². The van der Waals surface area contributed by atoms with Crippen LogP contribution in [0.15, 0.2) is 50.0 Å². The second-order valence-corrected chi connectivity index (χ2v) is 6.28. The Kier molecular flexibility index (Phi) is 3.86. The number of hydrogen-bond donors (Lipinski definition) is 1. The van der Waals surface area contributed by atoms with Crippen LogP contribution in [0.3, 0.4) is 0 Å². The van der Waals surface area contributed by atoms with Gasteiger partial charge in [-0.3, -0.25) is 0 Å². The summed E-state index contributed by atoms with van der Waals surface area (Å²) in [6, 6.07) is 12.1. The Morgan fingerprint density at radius 3 is 2.67 bits per heavy atom. The van der Waals surface area contributed by atoms with Crippen LogP contribution in [0.5, 0.6) is 0 Å². The van der Waals surface area contributed by atoms with Crippen molar-refractivity contribution in [1.82, 2.24) is 0 Å². The molecule has 1 aromatic heterocycles. The maximum atomic E-state index is 8.96. The third-order valence-electron chi connectivity index (χ3n) is 1.84. The number of hydrogen-bond acceptors (Lipinski definition) is 3. The highest BCUT2D eigenvalue weighted by molar-refractivity contribution is 9.10. The zero-order chi connectivity index (χ0) is 10.7. The number of benzene rings is 1. The van der Waals surface area contributed by atoms with E-state index in [9.17, 15) is 0 Å². The summed E-state index contributed by atoms with van der Waals surface area (Å²) in [6.45, 7) is 0.126. The zero-order valence-corrected chi connectivity index (χ0v) is 11.0. The van der Waals surface area contributed by atoms with Gasteiger partial charge in [-0.25, -0.2) is 0 Å². The van der Waals surface area contributed by atoms with Crippen molar-refractivity contribution in [1.29, 1.82) is 0 Å². The van der Waals surface area contributed by atoms with Crippen LogP contribution < -0.4 is 0 Å². The first-order valence-electron chi connectivity index (χ1n) is 4.41. The number of aliphatic hydroxyl groups excluding tert-OH is 1. The molecule has 0 bridgehead atoms. The van der Waals surface area contributed by atoms with Gasteiger partial charge in [0.25, 0.3) is 0 Å². The van der Waals surface area contributed by atoms with E-state index in [2.05, 4.69) is 22.0 Å². The lowest BCUT2D eigenvalue weighted by atomic mass is 10.4. The van der Waals surface area contributed by atoms with E-state index in [4.69, 9.17) is 5.11 Å². The molecule has 4 heteroatoms. The van der Waals surface area contributed by atoms with E-state index in [0.29, 0.717) is 0 Å². The first kappa shape index (κ1) is 11.2. The largest absolute Gasteiger partial charge is 0.391 e. The lowest BCUT2D eigenvalue weighted by molar-refractivity contribution is 0.285. The molecule has 2 aromatic rings. The van der Waals surface area contributed by atoms with Crippen molar-refractivity contribution < 1.29 is 5.11 Å². The molecule has 0 fully saturated rings. The molecule has 1 N–H and O–H groups in total. The Hall–Kier alpha value is -0.290. The lowest BCUT2D eigenvalue weighted by Crippen LogP contribution is -1.71. The van der Waals surface area contributed by atoms with Gasteiger partial charge in [0.1, 0.15) is 0 Å². The molecule has 0 radical (unpaired) electrons. The van der Waals surface area contributed by atoms with Gasteiger partial charge in [0, 0.05) is 14.2 Å². The molecule has 0 aliphatic rings. The Morgan fingerprint density at radius 2 is 2.00 bits per heavy atom. The van der Waals surface area contributed by atoms with Crippen molar-refractivity contribution in [3.8, 4) is 0 Å². The molecule has 0 amide bonds. The van der Waals surface area contributed by atoms with Gasteiger partial charge in [0.15, 0.2) is 0 Å². The Morgan fingerprint density at radius 1 is 1.20 bits per heavy atom. The second-order valence-electron chi connectivity index (χ2n) is 2.91. The zero-order valence-electron chi connectivity index (χ0n) is 7.81. The van der Waals surface area contributed by atoms with E-state index in [1.165, 1.54) is 9.10 Å². The fourth-order valence-electron chi connectivity index (χ4n) is 1.13. The van der Waals surface area contributed by atoms with Crippen molar-refractivity contribution in [2.75, 3.05) is 0 Å². The first-order chi connectivity index (χ1) is 7.29. The summed E-state index contributed by atoms with van der Waals surface area (Å²) in [5.74, 6) is 0. The number of halogens is 1. The van der Waals surface area contributed by atoms with Gasteiger partial charge in [-0.15, -0.1) is 11.3 Å². The van der Waals surface area contributed by atoms with E-state index in [1.807, 2.05) is 30.3 Å². The van der Waals surface area contributed by atoms with Gasteiger partial charge in [0.2, 0.25) is 0 Å². The fraction of sp³-hybridized carbons (Fsp3) is 0.0909. The molecule has 1 heterocycles. The molecule has 15 heavy (non-hydrogen) atoms. The van der Waals surface area contributed by atoms with Crippen molar-refractivity contribution in [2.45, 2.75) is 15.7 Å². The van der Waals surface area contributed by atoms with E-state index in [-0.39, 0.29) is 6.61 Å². The normalized spacial score (nSPS) is 10.5. The molecule has 0 saturated heterocycles. The SMILES string of the molecule is OCc1ccc(Sc2ccccc2Br)s1. The van der Waals surface area contributed by atoms with E-state index < -0.39 is 0 Å². The van der Waals surface area contributed by atoms with Gasteiger partial charge in [-0.1, -0.05) is 23.9 Å². The van der Waals surface area contributed by atoms with Gasteiger partial charge in [0.05, 0.1) is 10.8 Å². The Labute approximate surface area is 105 Å². The van der Waals surface area contributed by atoms with Crippen molar-refractivity contribution in [2.24, 2.45) is 0 Å². The molecule has 0 atom stereocenters. The summed E-state index contributed by atoms with van der Waals surface area (Å²) < 4.78 is 2.31. The molecular formula is C11H9BrOS2. The number of aliphatic hydroxyl groups is 1. The minimum atomic E-state index is 0.126. The van der Waals surface area contributed by atoms with Crippen LogP contribution >= 0.6 is 39.0 Å². The third-order valence-corrected chi connectivity index (χ3v) is 5.07. The Balaban J connectivity index is 2.18. The summed E-state index contributed by atoms with van der Waals surface area (Å²) in [5, 5.41) is 8.96. The molecule has 2 rings (SSSR count). The topological polar surface area (TPSA) is 20.2 Å². The maximum absolute atomic E-state index is 8.96. The lowest BCUT2D eigenvalue weighted by Gasteiger charge is -2.00. The van der Waals surface area contributed by atoms with Crippen molar-refractivity contribution >= 4 is 39.0 Å². The minimum absolute atomic E-state index is 0.126. The quantitative estimate of drug-likeness (QED) is 0.919. The first-order valence-corrected chi connectivity index (χ1v) is 6.84. The number of thiophene rings is 1. The van der Waals surface area contributed by atoms with E-state index in [1.54, 1.807) is 23.1 Å². The third kappa shape index (κ3) is 2.84. The second kappa shape index (κ2) is 5.16. The maximum Gasteiger partial charge on any atom is 0.0774 e. The van der Waals surface area contributed by atoms with Crippen LogP contribution in [0.4, 0.5) is 0 Å². The summed E-state index contributed by atoms with van der Waals surface area (Å²) in [5.41, 5.74) is 0. The molecule has 1 nitrogen and oxygen atoms in total. The molecule has 0 unspecified atom stereocenters. The molecule has 1 aromatic carbocycles. The van der Waals surface area contributed by atoms with Gasteiger partial charge >= 0.3 is 0 Å². The smallest absolute Gasteiger partial charge is 0.0774 e. The van der Waals surface area contributed by atoms with Crippen LogP contribution in [0, 0.1) is 0 Å². The van der Waals surface area contributed by atoms with Crippen molar-refractivity contribution in [3.05, 3.63) is 45.7 Å². The highest BCUT2D eigenvalue weighted by Gasteiger charge is 2.04. The van der Waals surface area contributed by atoms with Crippen molar-refractivity contribution in [3.63, 3.8) is 0 Å². The van der Waals surface area contributed by atoms with E-state index in [0.717, 1.165) is 9.35 Å². The highest BCUT2D eigenvalue weighted by Crippen LogP contribution is 2.36. The predicted molar refractivity (Wildman–Crippen MR) is 68.5 cm³/mol. The molecule has 78 valence electrons. The van der Waals surface area contributed by atoms with Crippen LogP contribution in [0.2, 0.25) is 0 Å². The summed E-state index contributed by atoms with van der Waals surface area (Å²) >= 11 is 6.85. The average molecular weight is 301 g/mol. The van der Waals surface area contributed by atoms with Crippen LogP contribution in [-0.2, 0) is 6.61 Å². The Bertz CT molecular complexity index is 453. The molecule has 0 aliphatic carbocycles. The molecule has 0 spiro atoms. The van der Waals surface area contributed by atoms with Crippen LogP contribution in [-0.4, -0.2) is 5.11 Å². The average Bonchev–Trinajstić information content (AvgIpc) is 2.69. The van der Waals surface area contributed by atoms with Gasteiger partial charge < -0.3 is 5.11 Å². The molecule has 0 aliphatic heterocycles. The molecular weight excluding hydrogens is 292 g/mol. The monoisotopic (exact) mass is 300 g/mol. The van der Waals surface area contributed by atoms with E-state index >= 15 is 0 Å². The highest BCUT2D eigenvalue weighted by atomic mass is 79.9. The van der Waals surface area contributed by atoms with Gasteiger partial charge in [-0.05, 0) is 40.2 Å². The standard InChI is InChI=1S/C11H9BrOS2/c12-9-3-1-2-4-10(9)15-11-6-5-8(7-13)14-11/h1-6,13H,7H2. The summed E-state index contributed by atoms with van der Waals surface area (Å²) in [7, 11) is 0. The van der Waals surface area contributed by atoms with Crippen LogP contribution in [0.25, 0.3) is 0 Å². The summed E-state index contributed by atoms with van der Waals surface area (Å²) in [4.78, 5) is 2.20. The predicted octanol–water partition coefficient (Wildman–Crippen LogP) is 4.15. The molecule has 0 saturated carbocycles. The minimum Gasteiger partial charge on any atom is -0.391 e. The number of rotatable bonds is 3. The fourth-order valence-corrected chi connectivity index (χ4v) is 3.68. The van der Waals surface area contributed by atoms with Gasteiger partial charge in [-0.2, -0.15) is 0 Å². The summed E-state index contributed by atoms with van der Waals surface area (Å²) in [6.07, 6.45) is 0.